The number of imidazole rings is 1. The van der Waals surface area contributed by atoms with Gasteiger partial charge in [-0.25, -0.2) is 4.98 Å². The maximum atomic E-state index is 10.4. The monoisotopic (exact) mass is 254 g/mol. The van der Waals surface area contributed by atoms with Gasteiger partial charge in [-0.05, 0) is 22.0 Å². The van der Waals surface area contributed by atoms with E-state index >= 15 is 0 Å². The molecule has 0 unspecified atom stereocenters. The Balaban J connectivity index is 2.70. The zero-order valence-corrected chi connectivity index (χ0v) is 8.73. The van der Waals surface area contributed by atoms with E-state index in [4.69, 9.17) is 0 Å². The Labute approximate surface area is 88.3 Å². The van der Waals surface area contributed by atoms with Gasteiger partial charge in [-0.15, -0.1) is 0 Å². The number of hydrogen-bond donors (Lipinski definition) is 1. The molecular weight excluding hydrogens is 248 g/mol. The van der Waals surface area contributed by atoms with Gasteiger partial charge in [0.2, 0.25) is 0 Å². The molecule has 0 aliphatic rings. The molecule has 2 aromatic rings. The van der Waals surface area contributed by atoms with Crippen LogP contribution in [0.5, 0.6) is 5.75 Å². The van der Waals surface area contributed by atoms with E-state index in [1.165, 1.54) is 0 Å². The molecule has 2 heterocycles. The fourth-order valence-corrected chi connectivity index (χ4v) is 1.83. The van der Waals surface area contributed by atoms with Crippen molar-refractivity contribution in [1.82, 2.24) is 9.38 Å². The normalized spacial score (nSPS) is 10.6. The van der Waals surface area contributed by atoms with Gasteiger partial charge in [-0.3, -0.25) is 0 Å². The Morgan fingerprint density at radius 3 is 3.14 bits per heavy atom. The molecule has 0 aliphatic heterocycles. The molecule has 2 aromatic heterocycles. The fourth-order valence-electron chi connectivity index (χ4n) is 1.32. The number of hydrogen-bond acceptors (Lipinski definition) is 3. The molecule has 0 amide bonds. The zero-order chi connectivity index (χ0) is 10.1. The van der Waals surface area contributed by atoms with E-state index < -0.39 is 0 Å². The van der Waals surface area contributed by atoms with Crippen molar-refractivity contribution in [1.29, 1.82) is 0 Å². The van der Waals surface area contributed by atoms with Crippen molar-refractivity contribution in [2.45, 2.75) is 6.42 Å². The first-order valence-electron chi connectivity index (χ1n) is 4.01. The van der Waals surface area contributed by atoms with Crippen LogP contribution in [0.4, 0.5) is 0 Å². The van der Waals surface area contributed by atoms with Gasteiger partial charge in [0.15, 0.2) is 0 Å². The van der Waals surface area contributed by atoms with Crippen LogP contribution < -0.4 is 0 Å². The average molecular weight is 255 g/mol. The summed E-state index contributed by atoms with van der Waals surface area (Å²) in [5.74, 6) is 0.831. The minimum Gasteiger partial charge on any atom is -0.508 e. The summed E-state index contributed by atoms with van der Waals surface area (Å²) in [4.78, 5) is 14.5. The minimum atomic E-state index is 0.177. The molecule has 0 spiro atoms. The summed E-state index contributed by atoms with van der Waals surface area (Å²) in [5, 5.41) is 9.26. The molecule has 0 saturated carbocycles. The first-order chi connectivity index (χ1) is 6.72. The SMILES string of the molecule is O=CCc1nc(Br)c2cc(O)ccn12. The summed E-state index contributed by atoms with van der Waals surface area (Å²) < 4.78 is 2.39. The van der Waals surface area contributed by atoms with Gasteiger partial charge in [-0.1, -0.05) is 0 Å². The molecule has 72 valence electrons. The molecule has 1 N–H and O–H groups in total. The van der Waals surface area contributed by atoms with Crippen molar-refractivity contribution in [3.63, 3.8) is 0 Å². The lowest BCUT2D eigenvalue weighted by Crippen LogP contribution is -1.94. The van der Waals surface area contributed by atoms with Crippen LogP contribution in [0.1, 0.15) is 5.82 Å². The van der Waals surface area contributed by atoms with E-state index in [0.29, 0.717) is 10.4 Å². The quantitative estimate of drug-likeness (QED) is 0.828. The van der Waals surface area contributed by atoms with Crippen molar-refractivity contribution in [2.24, 2.45) is 0 Å². The molecule has 14 heavy (non-hydrogen) atoms. The summed E-state index contributed by atoms with van der Waals surface area (Å²) in [7, 11) is 0. The second kappa shape index (κ2) is 3.42. The summed E-state index contributed by atoms with van der Waals surface area (Å²) in [5.41, 5.74) is 0.752. The molecule has 0 fully saturated rings. The van der Waals surface area contributed by atoms with Gasteiger partial charge in [-0.2, -0.15) is 0 Å². The maximum Gasteiger partial charge on any atom is 0.132 e. The second-order valence-electron chi connectivity index (χ2n) is 2.83. The first kappa shape index (κ1) is 9.21. The van der Waals surface area contributed by atoms with E-state index in [2.05, 4.69) is 20.9 Å². The van der Waals surface area contributed by atoms with Gasteiger partial charge < -0.3 is 14.3 Å². The highest BCUT2D eigenvalue weighted by molar-refractivity contribution is 9.10. The largest absolute Gasteiger partial charge is 0.508 e. The van der Waals surface area contributed by atoms with Crippen LogP contribution in [0.15, 0.2) is 22.9 Å². The second-order valence-corrected chi connectivity index (χ2v) is 3.58. The molecule has 0 atom stereocenters. The summed E-state index contributed by atoms with van der Waals surface area (Å²) in [6, 6.07) is 3.14. The topological polar surface area (TPSA) is 54.6 Å². The number of carbonyl (C=O) groups excluding carboxylic acids is 1. The van der Waals surface area contributed by atoms with Gasteiger partial charge >= 0.3 is 0 Å². The molecule has 5 heteroatoms. The van der Waals surface area contributed by atoms with Crippen LogP contribution in [0.2, 0.25) is 0 Å². The number of aldehydes is 1. The van der Waals surface area contributed by atoms with Gasteiger partial charge in [0.25, 0.3) is 0 Å². The number of rotatable bonds is 2. The number of pyridine rings is 1. The van der Waals surface area contributed by atoms with Crippen LogP contribution >= 0.6 is 15.9 Å². The van der Waals surface area contributed by atoms with Crippen LogP contribution in [-0.2, 0) is 11.2 Å². The van der Waals surface area contributed by atoms with Crippen molar-refractivity contribution in [2.75, 3.05) is 0 Å². The van der Waals surface area contributed by atoms with Gasteiger partial charge in [0.05, 0.1) is 11.9 Å². The average Bonchev–Trinajstić information content (AvgIpc) is 2.44. The molecule has 0 saturated heterocycles. The van der Waals surface area contributed by atoms with Gasteiger partial charge in [0, 0.05) is 12.3 Å². The highest BCUT2D eigenvalue weighted by Crippen LogP contribution is 2.22. The Morgan fingerprint density at radius 1 is 1.64 bits per heavy atom. The molecular formula is C9H7BrN2O2. The van der Waals surface area contributed by atoms with Crippen molar-refractivity contribution in [3.8, 4) is 5.75 Å². The molecule has 2 rings (SSSR count). The minimum absolute atomic E-state index is 0.177. The molecule has 0 radical (unpaired) electrons. The van der Waals surface area contributed by atoms with E-state index in [0.717, 1.165) is 11.8 Å². The Morgan fingerprint density at radius 2 is 2.43 bits per heavy atom. The van der Waals surface area contributed by atoms with Crippen LogP contribution in [0, 0.1) is 0 Å². The van der Waals surface area contributed by atoms with Crippen molar-refractivity contribution < 1.29 is 9.90 Å². The fraction of sp³-hybridized carbons (Fsp3) is 0.111. The summed E-state index contributed by atoms with van der Waals surface area (Å²) in [6.07, 6.45) is 2.74. The van der Waals surface area contributed by atoms with E-state index in [9.17, 15) is 9.90 Å². The van der Waals surface area contributed by atoms with Crippen LogP contribution in [0.3, 0.4) is 0 Å². The molecule has 0 aromatic carbocycles. The third kappa shape index (κ3) is 1.39. The lowest BCUT2D eigenvalue weighted by molar-refractivity contribution is -0.107. The number of carbonyl (C=O) groups is 1. The zero-order valence-electron chi connectivity index (χ0n) is 7.14. The highest BCUT2D eigenvalue weighted by Gasteiger charge is 2.08. The summed E-state index contributed by atoms with van der Waals surface area (Å²) >= 11 is 3.26. The number of aromatic nitrogens is 2. The number of nitrogens with zero attached hydrogens (tertiary/aromatic N) is 2. The number of fused-ring (bicyclic) bond motifs is 1. The molecule has 0 bridgehead atoms. The predicted molar refractivity (Wildman–Crippen MR) is 54.3 cm³/mol. The van der Waals surface area contributed by atoms with E-state index in [1.807, 2.05) is 0 Å². The predicted octanol–water partition coefficient (Wildman–Crippen LogP) is 1.54. The highest BCUT2D eigenvalue weighted by atomic mass is 79.9. The van der Waals surface area contributed by atoms with Crippen LogP contribution in [-0.4, -0.2) is 20.8 Å². The Bertz CT molecular complexity index is 493. The van der Waals surface area contributed by atoms with E-state index in [-0.39, 0.29) is 12.2 Å². The maximum absolute atomic E-state index is 10.4. The smallest absolute Gasteiger partial charge is 0.132 e. The standard InChI is InChI=1S/C9H7BrN2O2/c10-9-7-5-6(14)1-3-12(7)8(11-9)2-4-13/h1,3-5,14H,2H2. The Kier molecular flexibility index (Phi) is 2.25. The Hall–Kier alpha value is -1.36. The van der Waals surface area contributed by atoms with Gasteiger partial charge in [0.1, 0.15) is 22.5 Å². The first-order valence-corrected chi connectivity index (χ1v) is 4.81. The third-order valence-electron chi connectivity index (χ3n) is 1.92. The molecule has 0 aliphatic carbocycles. The van der Waals surface area contributed by atoms with Crippen LogP contribution in [0.25, 0.3) is 5.52 Å². The van der Waals surface area contributed by atoms with Crippen molar-refractivity contribution in [3.05, 3.63) is 28.8 Å². The lowest BCUT2D eigenvalue weighted by atomic mass is 10.4. The number of halogens is 1. The third-order valence-corrected chi connectivity index (χ3v) is 2.50. The lowest BCUT2D eigenvalue weighted by Gasteiger charge is -1.97. The van der Waals surface area contributed by atoms with Crippen molar-refractivity contribution >= 4 is 27.7 Å². The van der Waals surface area contributed by atoms with E-state index in [1.54, 1.807) is 22.7 Å². The number of aromatic hydroxyl groups is 1. The summed E-state index contributed by atoms with van der Waals surface area (Å²) in [6.45, 7) is 0. The molecule has 4 nitrogen and oxygen atoms in total.